The van der Waals surface area contributed by atoms with Crippen molar-refractivity contribution in [1.29, 1.82) is 0 Å². The number of hydrogen-bond acceptors (Lipinski definition) is 2. The fourth-order valence-corrected chi connectivity index (χ4v) is 1.76. The molecule has 0 saturated carbocycles. The Bertz CT molecular complexity index is 518. The molecule has 1 heterocycles. The quantitative estimate of drug-likeness (QED) is 0.855. The second kappa shape index (κ2) is 5.00. The second-order valence-corrected chi connectivity index (χ2v) is 4.28. The first kappa shape index (κ1) is 11.6. The van der Waals surface area contributed by atoms with Crippen molar-refractivity contribution in [3.8, 4) is 0 Å². The van der Waals surface area contributed by atoms with Gasteiger partial charge < -0.3 is 5.32 Å². The molecular weight excluding hydrogens is 208 g/mol. The smallest absolute Gasteiger partial charge is 0.133 e. The Labute approximate surface area is 103 Å². The number of nitrogens with zero attached hydrogens (tertiary/aromatic N) is 1. The number of nitrogens with one attached hydrogen (secondary N) is 1. The molecule has 1 aromatic heterocycles. The van der Waals surface area contributed by atoms with E-state index < -0.39 is 0 Å². The average molecular weight is 226 g/mol. The van der Waals surface area contributed by atoms with Crippen LogP contribution >= 0.6 is 0 Å². The molecule has 0 fully saturated rings. The van der Waals surface area contributed by atoms with Gasteiger partial charge in [-0.2, -0.15) is 0 Å². The summed E-state index contributed by atoms with van der Waals surface area (Å²) in [4.78, 5) is 4.38. The van der Waals surface area contributed by atoms with Crippen LogP contribution in [0.25, 0.3) is 0 Å². The van der Waals surface area contributed by atoms with Gasteiger partial charge in [-0.3, -0.25) is 0 Å². The molecule has 0 aliphatic rings. The molecule has 88 valence electrons. The van der Waals surface area contributed by atoms with Crippen molar-refractivity contribution in [1.82, 2.24) is 4.98 Å². The maximum absolute atomic E-state index is 4.38. The third kappa shape index (κ3) is 2.64. The van der Waals surface area contributed by atoms with E-state index >= 15 is 0 Å². The Kier molecular flexibility index (Phi) is 3.43. The lowest BCUT2D eigenvalue weighted by Gasteiger charge is -2.10. The molecule has 0 saturated heterocycles. The van der Waals surface area contributed by atoms with Gasteiger partial charge in [0.2, 0.25) is 0 Å². The van der Waals surface area contributed by atoms with E-state index in [9.17, 15) is 0 Å². The highest BCUT2D eigenvalue weighted by Crippen LogP contribution is 2.21. The molecule has 2 aromatic rings. The molecule has 0 unspecified atom stereocenters. The summed E-state index contributed by atoms with van der Waals surface area (Å²) < 4.78 is 0. The van der Waals surface area contributed by atoms with Crippen LogP contribution in [0.4, 0.5) is 11.5 Å². The number of anilines is 2. The van der Waals surface area contributed by atoms with E-state index in [2.05, 4.69) is 55.3 Å². The van der Waals surface area contributed by atoms with E-state index in [1.807, 2.05) is 12.3 Å². The van der Waals surface area contributed by atoms with E-state index in [1.54, 1.807) is 0 Å². The molecule has 2 heteroatoms. The van der Waals surface area contributed by atoms with Gasteiger partial charge in [0.25, 0.3) is 0 Å². The van der Waals surface area contributed by atoms with Gasteiger partial charge in [-0.25, -0.2) is 4.98 Å². The van der Waals surface area contributed by atoms with Crippen LogP contribution in [0.5, 0.6) is 0 Å². The molecular formula is C15H18N2. The van der Waals surface area contributed by atoms with Crippen molar-refractivity contribution in [2.45, 2.75) is 27.2 Å². The predicted octanol–water partition coefficient (Wildman–Crippen LogP) is 4.00. The lowest BCUT2D eigenvalue weighted by Crippen LogP contribution is -1.98. The molecule has 0 atom stereocenters. The van der Waals surface area contributed by atoms with Gasteiger partial charge in [0, 0.05) is 11.9 Å². The highest BCUT2D eigenvalue weighted by atomic mass is 15.0. The number of benzene rings is 1. The molecule has 2 rings (SSSR count). The highest BCUT2D eigenvalue weighted by molar-refractivity contribution is 5.60. The highest BCUT2D eigenvalue weighted by Gasteiger charge is 2.02. The lowest BCUT2D eigenvalue weighted by atomic mass is 10.1. The van der Waals surface area contributed by atoms with E-state index in [0.717, 1.165) is 17.9 Å². The molecule has 0 aliphatic carbocycles. The zero-order valence-electron chi connectivity index (χ0n) is 10.6. The van der Waals surface area contributed by atoms with Gasteiger partial charge in [-0.1, -0.05) is 19.1 Å². The third-order valence-corrected chi connectivity index (χ3v) is 3.07. The zero-order valence-corrected chi connectivity index (χ0v) is 10.6. The minimum Gasteiger partial charge on any atom is -0.340 e. The summed E-state index contributed by atoms with van der Waals surface area (Å²) in [7, 11) is 0. The van der Waals surface area contributed by atoms with Crippen LogP contribution in [0.15, 0.2) is 36.5 Å². The molecule has 0 aliphatic heterocycles. The van der Waals surface area contributed by atoms with Gasteiger partial charge in [0.05, 0.1) is 0 Å². The Hall–Kier alpha value is -1.83. The number of hydrogen-bond donors (Lipinski definition) is 1. The molecule has 1 aromatic carbocycles. The van der Waals surface area contributed by atoms with Gasteiger partial charge in [-0.05, 0) is 55.2 Å². The average Bonchev–Trinajstić information content (AvgIpc) is 2.35. The van der Waals surface area contributed by atoms with Crippen LogP contribution in [-0.2, 0) is 6.42 Å². The van der Waals surface area contributed by atoms with Crippen LogP contribution in [0, 0.1) is 13.8 Å². The van der Waals surface area contributed by atoms with Gasteiger partial charge in [0.15, 0.2) is 0 Å². The molecule has 17 heavy (non-hydrogen) atoms. The molecule has 0 radical (unpaired) electrons. The van der Waals surface area contributed by atoms with Gasteiger partial charge in [-0.15, -0.1) is 0 Å². The molecule has 2 nitrogen and oxygen atoms in total. The van der Waals surface area contributed by atoms with Crippen molar-refractivity contribution in [3.05, 3.63) is 53.2 Å². The zero-order chi connectivity index (χ0) is 12.3. The first-order chi connectivity index (χ1) is 8.20. The van der Waals surface area contributed by atoms with Crippen LogP contribution in [0.2, 0.25) is 0 Å². The summed E-state index contributed by atoms with van der Waals surface area (Å²) in [6.45, 7) is 6.36. The summed E-state index contributed by atoms with van der Waals surface area (Å²) >= 11 is 0. The topological polar surface area (TPSA) is 24.9 Å². The number of aromatic nitrogens is 1. The Balaban J connectivity index is 2.28. The van der Waals surface area contributed by atoms with E-state index in [-0.39, 0.29) is 0 Å². The molecule has 0 spiro atoms. The first-order valence-electron chi connectivity index (χ1n) is 5.99. The third-order valence-electron chi connectivity index (χ3n) is 3.07. The second-order valence-electron chi connectivity index (χ2n) is 4.28. The standard InChI is InChI=1S/C15H18N2/c1-4-13-6-5-7-14(10-13)17-15-12(3)11(2)8-9-16-15/h5-10H,4H2,1-3H3,(H,16,17). The normalized spacial score (nSPS) is 10.3. The van der Waals surface area contributed by atoms with Crippen molar-refractivity contribution >= 4 is 11.5 Å². The summed E-state index contributed by atoms with van der Waals surface area (Å²) in [5.41, 5.74) is 4.90. The minimum absolute atomic E-state index is 0.943. The number of rotatable bonds is 3. The largest absolute Gasteiger partial charge is 0.340 e. The SMILES string of the molecule is CCc1cccc(Nc2nccc(C)c2C)c1. The fraction of sp³-hybridized carbons (Fsp3) is 0.267. The van der Waals surface area contributed by atoms with Crippen molar-refractivity contribution in [2.24, 2.45) is 0 Å². The van der Waals surface area contributed by atoms with Crippen molar-refractivity contribution in [3.63, 3.8) is 0 Å². The monoisotopic (exact) mass is 226 g/mol. The molecule has 0 amide bonds. The lowest BCUT2D eigenvalue weighted by molar-refractivity contribution is 1.14. The van der Waals surface area contributed by atoms with Crippen LogP contribution in [0.1, 0.15) is 23.6 Å². The van der Waals surface area contributed by atoms with Crippen molar-refractivity contribution in [2.75, 3.05) is 5.32 Å². The molecule has 0 bridgehead atoms. The minimum atomic E-state index is 0.943. The Morgan fingerprint density at radius 1 is 1.18 bits per heavy atom. The summed E-state index contributed by atoms with van der Waals surface area (Å²) in [6.07, 6.45) is 2.89. The predicted molar refractivity (Wildman–Crippen MR) is 72.8 cm³/mol. The number of aryl methyl sites for hydroxylation is 2. The fourth-order valence-electron chi connectivity index (χ4n) is 1.76. The van der Waals surface area contributed by atoms with E-state index in [0.29, 0.717) is 0 Å². The number of pyridine rings is 1. The van der Waals surface area contributed by atoms with Crippen molar-refractivity contribution < 1.29 is 0 Å². The van der Waals surface area contributed by atoms with Crippen LogP contribution in [-0.4, -0.2) is 4.98 Å². The van der Waals surface area contributed by atoms with Gasteiger partial charge in [0.1, 0.15) is 5.82 Å². The summed E-state index contributed by atoms with van der Waals surface area (Å²) in [5.74, 6) is 0.943. The van der Waals surface area contributed by atoms with Crippen LogP contribution < -0.4 is 5.32 Å². The Morgan fingerprint density at radius 2 is 2.00 bits per heavy atom. The maximum atomic E-state index is 4.38. The van der Waals surface area contributed by atoms with Crippen LogP contribution in [0.3, 0.4) is 0 Å². The summed E-state index contributed by atoms with van der Waals surface area (Å²) in [6, 6.07) is 10.5. The molecule has 1 N–H and O–H groups in total. The van der Waals surface area contributed by atoms with E-state index in [1.165, 1.54) is 16.7 Å². The van der Waals surface area contributed by atoms with Gasteiger partial charge >= 0.3 is 0 Å². The maximum Gasteiger partial charge on any atom is 0.133 e. The van der Waals surface area contributed by atoms with E-state index in [4.69, 9.17) is 0 Å². The summed E-state index contributed by atoms with van der Waals surface area (Å²) in [5, 5.41) is 3.38. The Morgan fingerprint density at radius 3 is 2.76 bits per heavy atom. The first-order valence-corrected chi connectivity index (χ1v) is 5.99.